The fourth-order valence-corrected chi connectivity index (χ4v) is 4.18. The number of carbonyl (C=O) groups excluding carboxylic acids is 1. The van der Waals surface area contributed by atoms with Gasteiger partial charge in [-0.15, -0.1) is 0 Å². The number of likely N-dealkylation sites (N-methyl/N-ethyl adjacent to an activating group) is 1. The van der Waals surface area contributed by atoms with Gasteiger partial charge in [-0.3, -0.25) is 4.79 Å². The monoisotopic (exact) mass is 418 g/mol. The average Bonchev–Trinajstić information content (AvgIpc) is 2.80. The topological polar surface area (TPSA) is 23.6 Å². The van der Waals surface area contributed by atoms with E-state index in [9.17, 15) is 18.0 Å². The van der Waals surface area contributed by atoms with Crippen molar-refractivity contribution in [1.82, 2.24) is 4.90 Å². The maximum atomic E-state index is 13.9. The lowest BCUT2D eigenvalue weighted by atomic mass is 9.81. The summed E-state index contributed by atoms with van der Waals surface area (Å²) in [5, 5.41) is 0. The maximum Gasteiger partial charge on any atom is 0.416 e. The maximum absolute atomic E-state index is 13.9. The third kappa shape index (κ3) is 4.53. The molecule has 2 atom stereocenters. The van der Waals surface area contributed by atoms with Crippen LogP contribution in [0.4, 0.5) is 18.9 Å². The predicted molar refractivity (Wildman–Crippen MR) is 114 cm³/mol. The van der Waals surface area contributed by atoms with Gasteiger partial charge in [-0.1, -0.05) is 44.2 Å². The summed E-state index contributed by atoms with van der Waals surface area (Å²) in [5.41, 5.74) is 2.02. The quantitative estimate of drug-likeness (QED) is 0.671. The molecule has 0 aromatic heterocycles. The molecule has 0 radical (unpaired) electrons. The van der Waals surface area contributed by atoms with Gasteiger partial charge in [0.05, 0.1) is 5.56 Å². The number of halogens is 3. The van der Waals surface area contributed by atoms with E-state index in [-0.39, 0.29) is 23.8 Å². The molecule has 1 amide bonds. The molecule has 2 aromatic carbocycles. The summed E-state index contributed by atoms with van der Waals surface area (Å²) in [5.74, 6) is -0.859. The van der Waals surface area contributed by atoms with E-state index in [1.54, 1.807) is 11.0 Å². The van der Waals surface area contributed by atoms with Gasteiger partial charge in [0.25, 0.3) is 0 Å². The Kier molecular flexibility index (Phi) is 6.56. The van der Waals surface area contributed by atoms with Crippen LogP contribution < -0.4 is 4.90 Å². The number of amides is 1. The van der Waals surface area contributed by atoms with E-state index in [2.05, 4.69) is 6.92 Å². The average molecular weight is 419 g/mol. The van der Waals surface area contributed by atoms with Gasteiger partial charge >= 0.3 is 6.18 Å². The summed E-state index contributed by atoms with van der Waals surface area (Å²) >= 11 is 0. The van der Waals surface area contributed by atoms with Crippen molar-refractivity contribution in [3.63, 3.8) is 0 Å². The Morgan fingerprint density at radius 3 is 2.33 bits per heavy atom. The molecule has 2 aromatic rings. The second-order valence-electron chi connectivity index (χ2n) is 8.29. The number of anilines is 1. The molecule has 162 valence electrons. The molecule has 1 aliphatic rings. The first-order valence-corrected chi connectivity index (χ1v) is 10.4. The smallest absolute Gasteiger partial charge is 0.311 e. The number of hydrogen-bond acceptors (Lipinski definition) is 2. The van der Waals surface area contributed by atoms with Crippen LogP contribution in [0.2, 0.25) is 0 Å². The van der Waals surface area contributed by atoms with Crippen molar-refractivity contribution in [1.29, 1.82) is 0 Å². The second-order valence-corrected chi connectivity index (χ2v) is 8.29. The molecule has 0 saturated carbocycles. The van der Waals surface area contributed by atoms with Crippen molar-refractivity contribution in [2.75, 3.05) is 32.1 Å². The first-order chi connectivity index (χ1) is 14.1. The SMILES string of the molecule is CCc1ccc([C@H]2Cc3c(cccc3C(F)(F)F)N(CCN(C)C)C(=O)[C@H]2C)cc1. The molecule has 0 unspecified atom stereocenters. The van der Waals surface area contributed by atoms with Crippen LogP contribution in [-0.2, 0) is 23.8 Å². The van der Waals surface area contributed by atoms with Gasteiger partial charge in [0.1, 0.15) is 0 Å². The first kappa shape index (κ1) is 22.3. The Hall–Kier alpha value is -2.34. The standard InChI is InChI=1S/C24H29F3N2O/c1-5-17-9-11-18(12-10-17)19-15-20-21(24(25,26)27)7-6-8-22(20)29(14-13-28(3)4)23(30)16(19)2/h6-12,16,19H,5,13-15H2,1-4H3/t16-,19-/m0/s1. The highest BCUT2D eigenvalue weighted by Gasteiger charge is 2.40. The zero-order valence-electron chi connectivity index (χ0n) is 18.0. The Balaban J connectivity index is 2.13. The minimum atomic E-state index is -4.47. The fraction of sp³-hybridized carbons (Fsp3) is 0.458. The zero-order valence-corrected chi connectivity index (χ0v) is 18.0. The van der Waals surface area contributed by atoms with Crippen molar-refractivity contribution in [2.24, 2.45) is 5.92 Å². The normalized spacial score (nSPS) is 19.7. The Labute approximate surface area is 176 Å². The van der Waals surface area contributed by atoms with E-state index in [1.807, 2.05) is 50.2 Å². The van der Waals surface area contributed by atoms with Gasteiger partial charge in [-0.25, -0.2) is 0 Å². The summed E-state index contributed by atoms with van der Waals surface area (Å²) in [4.78, 5) is 16.9. The number of rotatable bonds is 5. The van der Waals surface area contributed by atoms with Gasteiger partial charge in [0.15, 0.2) is 0 Å². The van der Waals surface area contributed by atoms with E-state index in [4.69, 9.17) is 0 Å². The number of alkyl halides is 3. The van der Waals surface area contributed by atoms with E-state index < -0.39 is 17.7 Å². The summed E-state index contributed by atoms with van der Waals surface area (Å²) in [6, 6.07) is 12.1. The molecule has 0 fully saturated rings. The Bertz CT molecular complexity index is 890. The minimum Gasteiger partial charge on any atom is -0.311 e. The fourth-order valence-electron chi connectivity index (χ4n) is 4.18. The van der Waals surface area contributed by atoms with Crippen LogP contribution in [0.3, 0.4) is 0 Å². The second kappa shape index (κ2) is 8.80. The van der Waals surface area contributed by atoms with Gasteiger partial charge in [0.2, 0.25) is 5.91 Å². The number of hydrogen-bond donors (Lipinski definition) is 0. The van der Waals surface area contributed by atoms with Crippen LogP contribution in [0.15, 0.2) is 42.5 Å². The van der Waals surface area contributed by atoms with E-state index in [0.717, 1.165) is 23.6 Å². The third-order valence-corrected chi connectivity index (χ3v) is 6.02. The highest BCUT2D eigenvalue weighted by atomic mass is 19.4. The van der Waals surface area contributed by atoms with E-state index >= 15 is 0 Å². The van der Waals surface area contributed by atoms with Crippen molar-refractivity contribution in [3.8, 4) is 0 Å². The van der Waals surface area contributed by atoms with Gasteiger partial charge < -0.3 is 9.80 Å². The van der Waals surface area contributed by atoms with Gasteiger partial charge in [0, 0.05) is 24.7 Å². The molecule has 0 spiro atoms. The number of nitrogens with zero attached hydrogens (tertiary/aromatic N) is 2. The minimum absolute atomic E-state index is 0.125. The molecule has 0 saturated heterocycles. The molecule has 0 bridgehead atoms. The molecule has 3 rings (SSSR count). The van der Waals surface area contributed by atoms with Crippen molar-refractivity contribution < 1.29 is 18.0 Å². The van der Waals surface area contributed by atoms with E-state index in [0.29, 0.717) is 18.8 Å². The Morgan fingerprint density at radius 1 is 1.10 bits per heavy atom. The number of fused-ring (bicyclic) bond motifs is 1. The van der Waals surface area contributed by atoms with E-state index in [1.165, 1.54) is 6.07 Å². The van der Waals surface area contributed by atoms with Gasteiger partial charge in [-0.05, 0) is 61.7 Å². The van der Waals surface area contributed by atoms with Crippen LogP contribution in [0.5, 0.6) is 0 Å². The predicted octanol–water partition coefficient (Wildman–Crippen LogP) is 5.14. The molecule has 3 nitrogen and oxygen atoms in total. The number of aryl methyl sites for hydroxylation is 1. The van der Waals surface area contributed by atoms with Crippen LogP contribution in [-0.4, -0.2) is 38.0 Å². The molecule has 30 heavy (non-hydrogen) atoms. The van der Waals surface area contributed by atoms with Crippen LogP contribution in [0.25, 0.3) is 0 Å². The van der Waals surface area contributed by atoms with Gasteiger partial charge in [-0.2, -0.15) is 13.2 Å². The summed E-state index contributed by atoms with van der Waals surface area (Å²) < 4.78 is 41.6. The highest BCUT2D eigenvalue weighted by Crippen LogP contribution is 2.43. The lowest BCUT2D eigenvalue weighted by Gasteiger charge is -2.28. The first-order valence-electron chi connectivity index (χ1n) is 10.4. The summed E-state index contributed by atoms with van der Waals surface area (Å²) in [6.45, 7) is 4.82. The highest BCUT2D eigenvalue weighted by molar-refractivity contribution is 5.97. The molecule has 1 heterocycles. The molecular formula is C24H29F3N2O. The molecule has 6 heteroatoms. The van der Waals surface area contributed by atoms with Crippen LogP contribution >= 0.6 is 0 Å². The zero-order chi connectivity index (χ0) is 22.1. The molecule has 0 N–H and O–H groups in total. The number of carbonyl (C=O) groups is 1. The molecule has 0 aliphatic carbocycles. The van der Waals surface area contributed by atoms with Crippen molar-refractivity contribution in [3.05, 3.63) is 64.7 Å². The third-order valence-electron chi connectivity index (χ3n) is 6.02. The van der Waals surface area contributed by atoms with Crippen LogP contribution in [0, 0.1) is 5.92 Å². The Morgan fingerprint density at radius 2 is 1.77 bits per heavy atom. The summed E-state index contributed by atoms with van der Waals surface area (Å²) in [6.07, 6.45) is -3.40. The van der Waals surface area contributed by atoms with Crippen molar-refractivity contribution in [2.45, 2.75) is 38.8 Å². The summed E-state index contributed by atoms with van der Waals surface area (Å²) in [7, 11) is 3.77. The lowest BCUT2D eigenvalue weighted by molar-refractivity contribution is -0.138. The largest absolute Gasteiger partial charge is 0.416 e. The number of benzene rings is 2. The van der Waals surface area contributed by atoms with Crippen molar-refractivity contribution >= 4 is 11.6 Å². The molecule has 1 aliphatic heterocycles. The van der Waals surface area contributed by atoms with Crippen LogP contribution in [0.1, 0.15) is 42.0 Å². The molecular weight excluding hydrogens is 389 g/mol. The lowest BCUT2D eigenvalue weighted by Crippen LogP contribution is -2.40.